The van der Waals surface area contributed by atoms with E-state index >= 15 is 0 Å². The van der Waals surface area contributed by atoms with Gasteiger partial charge in [0.05, 0.1) is 9.90 Å². The van der Waals surface area contributed by atoms with Gasteiger partial charge in [0.15, 0.2) is 0 Å². The molecule has 2 rings (SSSR count). The van der Waals surface area contributed by atoms with Gasteiger partial charge in [-0.15, -0.1) is 29.3 Å². The second-order valence-corrected chi connectivity index (χ2v) is 7.52. The highest BCUT2D eigenvalue weighted by molar-refractivity contribution is 7.16. The molecule has 1 amide bonds. The second-order valence-electron chi connectivity index (χ2n) is 4.80. The third-order valence-corrected chi connectivity index (χ3v) is 5.14. The van der Waals surface area contributed by atoms with E-state index in [9.17, 15) is 4.79 Å². The van der Waals surface area contributed by atoms with E-state index in [1.54, 1.807) is 11.4 Å². The van der Waals surface area contributed by atoms with Gasteiger partial charge in [-0.3, -0.25) is 9.69 Å². The minimum atomic E-state index is -0.0952. The summed E-state index contributed by atoms with van der Waals surface area (Å²) in [5.41, 5.74) is 0.500. The molecule has 0 atom stereocenters. The van der Waals surface area contributed by atoms with E-state index in [1.807, 2.05) is 18.2 Å². The van der Waals surface area contributed by atoms with Crippen molar-refractivity contribution in [2.75, 3.05) is 18.4 Å². The van der Waals surface area contributed by atoms with E-state index in [4.69, 9.17) is 16.9 Å². The molecule has 0 saturated heterocycles. The number of rotatable bonds is 8. The predicted molar refractivity (Wildman–Crippen MR) is 97.1 cm³/mol. The number of carbonyl (C=O) groups is 1. The fraction of sp³-hybridized carbons (Fsp3) is 0.250. The molecule has 2 heterocycles. The van der Waals surface area contributed by atoms with Crippen molar-refractivity contribution >= 4 is 45.2 Å². The molecule has 4 nitrogen and oxygen atoms in total. The smallest absolute Gasteiger partial charge is 0.226 e. The molecule has 1 N–H and O–H groups in total. The molecule has 7 heteroatoms. The molecule has 120 valence electrons. The van der Waals surface area contributed by atoms with E-state index in [1.165, 1.54) is 22.7 Å². The standard InChI is InChI=1S/C16H16ClN3OS2/c1-2-7-20(11-13-3-4-14(17)23-13)8-5-15(21)19-16-12(10-18)6-9-22-16/h2-4,6,9H,1,5,7-8,11H2,(H,19,21). The molecule has 0 unspecified atom stereocenters. The van der Waals surface area contributed by atoms with Gasteiger partial charge in [0.2, 0.25) is 5.91 Å². The van der Waals surface area contributed by atoms with Crippen molar-refractivity contribution in [1.29, 1.82) is 5.26 Å². The first-order valence-electron chi connectivity index (χ1n) is 6.97. The normalized spacial score (nSPS) is 10.5. The molecule has 0 aliphatic heterocycles. The summed E-state index contributed by atoms with van der Waals surface area (Å²) in [6.07, 6.45) is 2.18. The average Bonchev–Trinajstić information content (AvgIpc) is 3.13. The van der Waals surface area contributed by atoms with Crippen LogP contribution in [0.3, 0.4) is 0 Å². The molecule has 2 aromatic rings. The van der Waals surface area contributed by atoms with Gasteiger partial charge in [-0.1, -0.05) is 17.7 Å². The molecule has 0 aromatic carbocycles. The van der Waals surface area contributed by atoms with Crippen LogP contribution < -0.4 is 5.32 Å². The summed E-state index contributed by atoms with van der Waals surface area (Å²) in [6.45, 7) is 5.81. The zero-order chi connectivity index (χ0) is 16.7. The van der Waals surface area contributed by atoms with E-state index in [2.05, 4.69) is 22.9 Å². The number of halogens is 1. The quantitative estimate of drug-likeness (QED) is 0.707. The Morgan fingerprint density at radius 1 is 1.48 bits per heavy atom. The van der Waals surface area contributed by atoms with Crippen LogP contribution in [0.25, 0.3) is 0 Å². The highest BCUT2D eigenvalue weighted by Gasteiger charge is 2.11. The highest BCUT2D eigenvalue weighted by atomic mass is 35.5. The predicted octanol–water partition coefficient (Wildman–Crippen LogP) is 4.35. The lowest BCUT2D eigenvalue weighted by Gasteiger charge is -2.19. The molecular weight excluding hydrogens is 350 g/mol. The molecule has 0 radical (unpaired) electrons. The Bertz CT molecular complexity index is 717. The number of carbonyl (C=O) groups excluding carboxylic acids is 1. The zero-order valence-electron chi connectivity index (χ0n) is 12.4. The lowest BCUT2D eigenvalue weighted by molar-refractivity contribution is -0.116. The Hall–Kier alpha value is -1.65. The number of anilines is 1. The molecule has 0 spiro atoms. The topological polar surface area (TPSA) is 56.1 Å². The van der Waals surface area contributed by atoms with E-state index in [0.717, 1.165) is 15.8 Å². The van der Waals surface area contributed by atoms with Gasteiger partial charge in [0, 0.05) is 30.9 Å². The van der Waals surface area contributed by atoms with Gasteiger partial charge in [-0.2, -0.15) is 5.26 Å². The van der Waals surface area contributed by atoms with E-state index in [0.29, 0.717) is 30.1 Å². The van der Waals surface area contributed by atoms with Crippen LogP contribution in [-0.4, -0.2) is 23.9 Å². The number of amides is 1. The van der Waals surface area contributed by atoms with Gasteiger partial charge in [-0.25, -0.2) is 0 Å². The first-order chi connectivity index (χ1) is 11.1. The van der Waals surface area contributed by atoms with Crippen LogP contribution in [-0.2, 0) is 11.3 Å². The number of nitriles is 1. The van der Waals surface area contributed by atoms with Gasteiger partial charge in [-0.05, 0) is 23.6 Å². The minimum Gasteiger partial charge on any atom is -0.317 e. The van der Waals surface area contributed by atoms with Crippen molar-refractivity contribution in [3.05, 3.63) is 51.0 Å². The fourth-order valence-corrected chi connectivity index (χ4v) is 3.90. The monoisotopic (exact) mass is 365 g/mol. The van der Waals surface area contributed by atoms with Crippen LogP contribution in [0.4, 0.5) is 5.00 Å². The molecule has 0 aliphatic rings. The molecule has 0 saturated carbocycles. The summed E-state index contributed by atoms with van der Waals surface area (Å²) < 4.78 is 0.762. The maximum absolute atomic E-state index is 12.1. The minimum absolute atomic E-state index is 0.0952. The van der Waals surface area contributed by atoms with E-state index < -0.39 is 0 Å². The van der Waals surface area contributed by atoms with Crippen LogP contribution in [0.1, 0.15) is 16.9 Å². The maximum atomic E-state index is 12.1. The summed E-state index contributed by atoms with van der Waals surface area (Å²) in [5, 5.41) is 14.1. The van der Waals surface area contributed by atoms with Crippen molar-refractivity contribution in [2.45, 2.75) is 13.0 Å². The number of hydrogen-bond donors (Lipinski definition) is 1. The summed E-state index contributed by atoms with van der Waals surface area (Å²) in [5.74, 6) is -0.0952. The lowest BCUT2D eigenvalue weighted by Crippen LogP contribution is -2.27. The fourth-order valence-electron chi connectivity index (χ4n) is 2.02. The molecule has 0 bridgehead atoms. The van der Waals surface area contributed by atoms with Gasteiger partial charge in [0.25, 0.3) is 0 Å². The second kappa shape index (κ2) is 8.85. The Balaban J connectivity index is 1.86. The summed E-state index contributed by atoms with van der Waals surface area (Å²) in [4.78, 5) is 15.3. The summed E-state index contributed by atoms with van der Waals surface area (Å²) in [7, 11) is 0. The maximum Gasteiger partial charge on any atom is 0.226 e. The highest BCUT2D eigenvalue weighted by Crippen LogP contribution is 2.23. The summed E-state index contributed by atoms with van der Waals surface area (Å²) >= 11 is 8.84. The van der Waals surface area contributed by atoms with Crippen LogP contribution in [0.15, 0.2) is 36.2 Å². The third kappa shape index (κ3) is 5.48. The van der Waals surface area contributed by atoms with Gasteiger partial charge < -0.3 is 5.32 Å². The van der Waals surface area contributed by atoms with E-state index in [-0.39, 0.29) is 5.91 Å². The molecule has 0 aliphatic carbocycles. The Labute approximate surface area is 148 Å². The first kappa shape index (κ1) is 17.7. The SMILES string of the molecule is C=CCN(CCC(=O)Nc1sccc1C#N)Cc1ccc(Cl)s1. The van der Waals surface area contributed by atoms with Crippen molar-refractivity contribution in [2.24, 2.45) is 0 Å². The van der Waals surface area contributed by atoms with Gasteiger partial charge >= 0.3 is 0 Å². The lowest BCUT2D eigenvalue weighted by atomic mass is 10.3. The molecule has 2 aromatic heterocycles. The van der Waals surface area contributed by atoms with Crippen LogP contribution >= 0.6 is 34.3 Å². The number of thiophene rings is 2. The molecule has 0 fully saturated rings. The number of nitrogens with one attached hydrogen (secondary N) is 1. The van der Waals surface area contributed by atoms with Gasteiger partial charge in [0.1, 0.15) is 11.1 Å². The van der Waals surface area contributed by atoms with Crippen LogP contribution in [0.5, 0.6) is 0 Å². The van der Waals surface area contributed by atoms with Crippen molar-refractivity contribution in [3.8, 4) is 6.07 Å². The summed E-state index contributed by atoms with van der Waals surface area (Å²) in [6, 6.07) is 7.63. The molecule has 23 heavy (non-hydrogen) atoms. The molecular formula is C16H16ClN3OS2. The Morgan fingerprint density at radius 2 is 2.30 bits per heavy atom. The Kier molecular flexibility index (Phi) is 6.81. The van der Waals surface area contributed by atoms with Crippen LogP contribution in [0.2, 0.25) is 4.34 Å². The van der Waals surface area contributed by atoms with Crippen molar-refractivity contribution in [1.82, 2.24) is 4.90 Å². The average molecular weight is 366 g/mol. The third-order valence-electron chi connectivity index (χ3n) is 3.09. The van der Waals surface area contributed by atoms with Crippen LogP contribution in [0, 0.1) is 11.3 Å². The van der Waals surface area contributed by atoms with Crippen molar-refractivity contribution in [3.63, 3.8) is 0 Å². The zero-order valence-corrected chi connectivity index (χ0v) is 14.8. The number of hydrogen-bond acceptors (Lipinski definition) is 5. The largest absolute Gasteiger partial charge is 0.317 e. The Morgan fingerprint density at radius 3 is 2.96 bits per heavy atom. The van der Waals surface area contributed by atoms with Crippen molar-refractivity contribution < 1.29 is 4.79 Å². The first-order valence-corrected chi connectivity index (χ1v) is 9.04. The number of nitrogens with zero attached hydrogens (tertiary/aromatic N) is 2.